The van der Waals surface area contributed by atoms with Crippen molar-refractivity contribution in [1.82, 2.24) is 0 Å². The van der Waals surface area contributed by atoms with E-state index in [1.165, 1.54) is 19.2 Å². The molecule has 0 saturated carbocycles. The smallest absolute Gasteiger partial charge is 0.340 e. The fraction of sp³-hybridized carbons (Fsp3) is 0.500. The van der Waals surface area contributed by atoms with Crippen LogP contribution >= 0.6 is 6.72 Å². The van der Waals surface area contributed by atoms with Gasteiger partial charge in [0.25, 0.3) is 0 Å². The van der Waals surface area contributed by atoms with Crippen LogP contribution in [0.1, 0.15) is 23.2 Å². The molecule has 0 amide bonds. The van der Waals surface area contributed by atoms with Crippen molar-refractivity contribution in [3.8, 4) is 0 Å². The van der Waals surface area contributed by atoms with E-state index >= 15 is 0 Å². The zero-order valence-corrected chi connectivity index (χ0v) is 15.7. The van der Waals surface area contributed by atoms with E-state index in [1.54, 1.807) is 18.2 Å². The van der Waals surface area contributed by atoms with Crippen LogP contribution in [0.25, 0.3) is 0 Å². The third-order valence-electron chi connectivity index (χ3n) is 3.82. The number of ether oxygens (including phenoxy) is 2. The standard InChI is InChI=1S/C14H22N3O6PS/c1-20-14(18)10-4-3-5-11(13(10)15)17(16)12-7-6-9(23-12)8-22-24(19,25)21-2/h3-5,9,12H,6-8,15-16H2,1-2H3,(H,19,25)/t9-,12?,24?/m0/s1. The first-order valence-electron chi connectivity index (χ1n) is 7.48. The number of carbonyl (C=O) groups excluding carboxylic acids is 1. The molecule has 0 spiro atoms. The molecule has 1 aliphatic rings. The van der Waals surface area contributed by atoms with E-state index in [9.17, 15) is 9.69 Å². The number of hydrazine groups is 1. The van der Waals surface area contributed by atoms with Crippen LogP contribution in [-0.2, 0) is 30.3 Å². The number of rotatable bonds is 7. The number of nitrogens with zero attached hydrogens (tertiary/aromatic N) is 1. The second kappa shape index (κ2) is 8.41. The topological polar surface area (TPSA) is 130 Å². The fourth-order valence-corrected chi connectivity index (χ4v) is 3.11. The van der Waals surface area contributed by atoms with Gasteiger partial charge in [-0.05, 0) is 36.8 Å². The van der Waals surface area contributed by atoms with E-state index < -0.39 is 18.9 Å². The van der Waals surface area contributed by atoms with Crippen LogP contribution in [0.5, 0.6) is 0 Å². The van der Waals surface area contributed by atoms with Gasteiger partial charge in [-0.2, -0.15) is 0 Å². The van der Waals surface area contributed by atoms with Crippen LogP contribution in [0.15, 0.2) is 18.2 Å². The zero-order chi connectivity index (χ0) is 18.6. The molecule has 0 radical (unpaired) electrons. The maximum atomic E-state index is 11.7. The molecule has 0 aliphatic carbocycles. The van der Waals surface area contributed by atoms with E-state index in [2.05, 4.69) is 0 Å². The highest BCUT2D eigenvalue weighted by atomic mass is 32.5. The van der Waals surface area contributed by atoms with Crippen molar-refractivity contribution in [3.63, 3.8) is 0 Å². The van der Waals surface area contributed by atoms with Crippen LogP contribution in [-0.4, -0.2) is 44.0 Å². The first kappa shape index (κ1) is 20.1. The van der Waals surface area contributed by atoms with E-state index in [1.807, 2.05) is 0 Å². The first-order valence-corrected chi connectivity index (χ1v) is 10.1. The summed E-state index contributed by atoms with van der Waals surface area (Å²) in [6, 6.07) is 4.91. The molecule has 1 fully saturated rings. The molecular weight excluding hydrogens is 369 g/mol. The SMILES string of the molecule is COC(=O)c1cccc(N(N)C2CC[C@@H](COP(O)(=S)OC)O2)c1N. The predicted molar refractivity (Wildman–Crippen MR) is 96.2 cm³/mol. The van der Waals surface area contributed by atoms with Gasteiger partial charge in [0.15, 0.2) is 0 Å². The van der Waals surface area contributed by atoms with Gasteiger partial charge in [0, 0.05) is 7.11 Å². The number of para-hydroxylation sites is 1. The van der Waals surface area contributed by atoms with Crippen molar-refractivity contribution in [2.24, 2.45) is 5.84 Å². The number of hydrogen-bond donors (Lipinski definition) is 3. The Bertz CT molecular complexity index is 676. The normalized spacial score (nSPS) is 22.4. The third kappa shape index (κ3) is 4.89. The van der Waals surface area contributed by atoms with Crippen molar-refractivity contribution in [1.29, 1.82) is 0 Å². The third-order valence-corrected chi connectivity index (χ3v) is 5.52. The minimum Gasteiger partial charge on any atom is -0.465 e. The van der Waals surface area contributed by atoms with Crippen molar-refractivity contribution >= 4 is 35.9 Å². The van der Waals surface area contributed by atoms with Gasteiger partial charge in [0.05, 0.1) is 36.8 Å². The Morgan fingerprint density at radius 2 is 2.20 bits per heavy atom. The van der Waals surface area contributed by atoms with Crippen molar-refractivity contribution in [2.45, 2.75) is 25.2 Å². The summed E-state index contributed by atoms with van der Waals surface area (Å²) in [5, 5.41) is 1.37. The Kier molecular flexibility index (Phi) is 6.75. The second-order valence-electron chi connectivity index (χ2n) is 5.37. The van der Waals surface area contributed by atoms with Crippen LogP contribution < -0.4 is 16.6 Å². The Labute approximate surface area is 151 Å². The molecule has 11 heteroatoms. The maximum absolute atomic E-state index is 11.7. The molecule has 0 aromatic heterocycles. The lowest BCUT2D eigenvalue weighted by atomic mass is 10.1. The number of anilines is 2. The lowest BCUT2D eigenvalue weighted by Crippen LogP contribution is -2.42. The molecule has 1 aromatic carbocycles. The Morgan fingerprint density at radius 3 is 2.84 bits per heavy atom. The summed E-state index contributed by atoms with van der Waals surface area (Å²) in [5.41, 5.74) is 6.94. The number of esters is 1. The lowest BCUT2D eigenvalue weighted by molar-refractivity contribution is 0.0129. The maximum Gasteiger partial charge on any atom is 0.340 e. The Balaban J connectivity index is 2.04. The summed E-state index contributed by atoms with van der Waals surface area (Å²) in [7, 11) is 2.57. The molecule has 1 aromatic rings. The van der Waals surface area contributed by atoms with Crippen LogP contribution in [0.3, 0.4) is 0 Å². The number of methoxy groups -OCH3 is 1. The fourth-order valence-electron chi connectivity index (χ4n) is 2.47. The van der Waals surface area contributed by atoms with Crippen molar-refractivity contribution < 1.29 is 28.2 Å². The molecule has 1 saturated heterocycles. The highest BCUT2D eigenvalue weighted by Gasteiger charge is 2.31. The summed E-state index contributed by atoms with van der Waals surface area (Å²) in [4.78, 5) is 21.3. The number of carbonyl (C=O) groups is 1. The molecule has 0 bridgehead atoms. The number of nitrogen functional groups attached to an aromatic ring is 1. The molecule has 3 atom stereocenters. The van der Waals surface area contributed by atoms with E-state index in [-0.39, 0.29) is 24.0 Å². The van der Waals surface area contributed by atoms with Crippen molar-refractivity contribution in [2.75, 3.05) is 31.6 Å². The Morgan fingerprint density at radius 1 is 1.48 bits per heavy atom. The average molecular weight is 391 g/mol. The van der Waals surface area contributed by atoms with Gasteiger partial charge in [-0.15, -0.1) is 0 Å². The van der Waals surface area contributed by atoms with E-state index in [0.29, 0.717) is 18.5 Å². The van der Waals surface area contributed by atoms with Crippen LogP contribution in [0, 0.1) is 0 Å². The summed E-state index contributed by atoms with van der Waals surface area (Å²) in [5.74, 6) is 5.59. The van der Waals surface area contributed by atoms with Crippen LogP contribution in [0.4, 0.5) is 11.4 Å². The number of benzene rings is 1. The van der Waals surface area contributed by atoms with Gasteiger partial charge in [-0.1, -0.05) is 6.07 Å². The first-order chi connectivity index (χ1) is 11.8. The summed E-state index contributed by atoms with van der Waals surface area (Å²) in [6.45, 7) is -3.12. The molecule has 140 valence electrons. The quantitative estimate of drug-likeness (QED) is 0.204. The Hall–Kier alpha value is -1.26. The lowest BCUT2D eigenvalue weighted by Gasteiger charge is -2.27. The highest BCUT2D eigenvalue weighted by Crippen LogP contribution is 2.43. The number of hydrogen-bond acceptors (Lipinski definition) is 9. The summed E-state index contributed by atoms with van der Waals surface area (Å²) in [6.07, 6.45) is 0.537. The zero-order valence-electron chi connectivity index (χ0n) is 14.0. The van der Waals surface area contributed by atoms with Gasteiger partial charge >= 0.3 is 12.7 Å². The minimum atomic E-state index is -3.22. The monoisotopic (exact) mass is 391 g/mol. The van der Waals surface area contributed by atoms with Gasteiger partial charge in [0.1, 0.15) is 6.23 Å². The van der Waals surface area contributed by atoms with E-state index in [0.717, 1.165) is 0 Å². The van der Waals surface area contributed by atoms with Crippen LogP contribution in [0.2, 0.25) is 0 Å². The molecule has 25 heavy (non-hydrogen) atoms. The summed E-state index contributed by atoms with van der Waals surface area (Å²) < 4.78 is 20.4. The average Bonchev–Trinajstić information content (AvgIpc) is 3.08. The second-order valence-corrected chi connectivity index (χ2v) is 8.32. The highest BCUT2D eigenvalue weighted by molar-refractivity contribution is 8.07. The van der Waals surface area contributed by atoms with E-state index in [4.69, 9.17) is 41.9 Å². The molecule has 9 nitrogen and oxygen atoms in total. The number of nitrogens with two attached hydrogens (primary N) is 2. The van der Waals surface area contributed by atoms with Gasteiger partial charge in [0.2, 0.25) is 0 Å². The molecule has 1 heterocycles. The molecular formula is C14H22N3O6PS. The molecule has 2 rings (SSSR count). The van der Waals surface area contributed by atoms with Gasteiger partial charge < -0.3 is 29.1 Å². The molecule has 2 unspecified atom stereocenters. The van der Waals surface area contributed by atoms with Crippen molar-refractivity contribution in [3.05, 3.63) is 23.8 Å². The van der Waals surface area contributed by atoms with Gasteiger partial charge in [-0.25, -0.2) is 10.6 Å². The van der Waals surface area contributed by atoms with Gasteiger partial charge in [-0.3, -0.25) is 5.01 Å². The predicted octanol–water partition coefficient (Wildman–Crippen LogP) is 1.12. The largest absolute Gasteiger partial charge is 0.465 e. The molecule has 1 aliphatic heterocycles. The molecule has 5 N–H and O–H groups in total. The summed E-state index contributed by atoms with van der Waals surface area (Å²) >= 11 is 4.78. The minimum absolute atomic E-state index is 0.101.